The standard InChI is InChI=1S/C17H21N9/c1-2-20-14-5-6-21-17-13(10-22-26(14)17)23-15-11(18)9-12(19)16(24-15)25-7-3-4-8-25/h5-6,9-10H,2-4,7-8,18-19H2,1H3. The Labute approximate surface area is 150 Å². The minimum atomic E-state index is 0.427. The summed E-state index contributed by atoms with van der Waals surface area (Å²) < 4.78 is 1.66. The molecule has 0 unspecified atom stereocenters. The molecule has 1 fully saturated rings. The lowest BCUT2D eigenvalue weighted by Gasteiger charge is -2.19. The summed E-state index contributed by atoms with van der Waals surface area (Å²) in [5, 5.41) is 4.34. The van der Waals surface area contributed by atoms with E-state index in [-0.39, 0.29) is 0 Å². The van der Waals surface area contributed by atoms with Gasteiger partial charge in [-0.3, -0.25) is 4.99 Å². The maximum atomic E-state index is 6.12. The van der Waals surface area contributed by atoms with Crippen LogP contribution in [-0.4, -0.2) is 46.2 Å². The molecule has 2 aliphatic heterocycles. The maximum absolute atomic E-state index is 6.12. The van der Waals surface area contributed by atoms with Crippen LogP contribution in [0.3, 0.4) is 0 Å². The number of hydrogen-bond acceptors (Lipinski definition) is 8. The number of aromatic nitrogens is 3. The number of rotatable bonds is 3. The molecule has 0 aromatic carbocycles. The van der Waals surface area contributed by atoms with Crippen LogP contribution in [0.5, 0.6) is 0 Å². The van der Waals surface area contributed by atoms with Crippen molar-refractivity contribution in [2.24, 2.45) is 15.1 Å². The number of anilines is 3. The van der Waals surface area contributed by atoms with Gasteiger partial charge in [-0.2, -0.15) is 9.78 Å². The lowest BCUT2D eigenvalue weighted by molar-refractivity contribution is 0.766. The van der Waals surface area contributed by atoms with Crippen LogP contribution in [0.15, 0.2) is 33.4 Å². The number of nitrogens with two attached hydrogens (primary N) is 2. The molecule has 0 amide bonds. The molecule has 9 nitrogen and oxygen atoms in total. The summed E-state index contributed by atoms with van der Waals surface area (Å²) in [6.45, 7) is 4.53. The number of hydrogen-bond donors (Lipinski definition) is 2. The quantitative estimate of drug-likeness (QED) is 0.851. The van der Waals surface area contributed by atoms with E-state index in [0.29, 0.717) is 35.3 Å². The molecule has 0 atom stereocenters. The van der Waals surface area contributed by atoms with Gasteiger partial charge in [0, 0.05) is 31.9 Å². The predicted molar refractivity (Wildman–Crippen MR) is 103 cm³/mol. The Bertz CT molecular complexity index is 965. The van der Waals surface area contributed by atoms with Crippen LogP contribution in [0.1, 0.15) is 25.6 Å². The first-order chi connectivity index (χ1) is 12.7. The highest BCUT2D eigenvalue weighted by Crippen LogP contribution is 2.32. The van der Waals surface area contributed by atoms with E-state index in [1.165, 1.54) is 0 Å². The first kappa shape index (κ1) is 16.2. The summed E-state index contributed by atoms with van der Waals surface area (Å²) in [7, 11) is 0. The van der Waals surface area contributed by atoms with E-state index in [1.54, 1.807) is 23.2 Å². The van der Waals surface area contributed by atoms with E-state index in [9.17, 15) is 0 Å². The van der Waals surface area contributed by atoms with Gasteiger partial charge in [0.25, 0.3) is 0 Å². The average Bonchev–Trinajstić information content (AvgIpc) is 3.28. The van der Waals surface area contributed by atoms with E-state index in [1.807, 2.05) is 13.0 Å². The molecule has 0 bridgehead atoms. The smallest absolute Gasteiger partial charge is 0.183 e. The molecule has 0 spiro atoms. The third-order valence-electron chi connectivity index (χ3n) is 4.35. The topological polar surface area (TPSA) is 123 Å². The van der Waals surface area contributed by atoms with Crippen molar-refractivity contribution in [3.8, 4) is 0 Å². The Morgan fingerprint density at radius 3 is 2.77 bits per heavy atom. The van der Waals surface area contributed by atoms with Gasteiger partial charge < -0.3 is 16.4 Å². The third kappa shape index (κ3) is 2.81. The van der Waals surface area contributed by atoms with Crippen LogP contribution in [0.25, 0.3) is 0 Å². The molecule has 0 radical (unpaired) electrons. The number of fused-ring (bicyclic) bond motifs is 1. The summed E-state index contributed by atoms with van der Waals surface area (Å²) >= 11 is 0. The SMILES string of the molecule is CCN=c1ccnc2n1N=CC2=Nc1nc(N2CCCC2)c(N)cc1N. The van der Waals surface area contributed by atoms with E-state index in [2.05, 4.69) is 30.0 Å². The second kappa shape index (κ2) is 6.58. The van der Waals surface area contributed by atoms with Crippen molar-refractivity contribution in [3.63, 3.8) is 0 Å². The highest BCUT2D eigenvalue weighted by atomic mass is 15.4. The van der Waals surface area contributed by atoms with Crippen LogP contribution in [0.2, 0.25) is 0 Å². The molecule has 0 aliphatic carbocycles. The summed E-state index contributed by atoms with van der Waals surface area (Å²) in [4.78, 5) is 20.2. The predicted octanol–water partition coefficient (Wildman–Crippen LogP) is 0.932. The van der Waals surface area contributed by atoms with Crippen molar-refractivity contribution in [2.45, 2.75) is 19.8 Å². The minimum absolute atomic E-state index is 0.427. The molecule has 4 heterocycles. The van der Waals surface area contributed by atoms with Gasteiger partial charge >= 0.3 is 0 Å². The summed E-state index contributed by atoms with van der Waals surface area (Å²) in [6.07, 6.45) is 5.61. The van der Waals surface area contributed by atoms with Gasteiger partial charge in [0.2, 0.25) is 0 Å². The largest absolute Gasteiger partial charge is 0.396 e. The van der Waals surface area contributed by atoms with Crippen molar-refractivity contribution < 1.29 is 0 Å². The fraction of sp³-hybridized carbons (Fsp3) is 0.353. The second-order valence-electron chi connectivity index (χ2n) is 6.16. The van der Waals surface area contributed by atoms with E-state index in [4.69, 9.17) is 11.5 Å². The fourth-order valence-corrected chi connectivity index (χ4v) is 3.14. The molecule has 0 saturated carbocycles. The van der Waals surface area contributed by atoms with Crippen LogP contribution in [-0.2, 0) is 0 Å². The molecule has 1 saturated heterocycles. The fourth-order valence-electron chi connectivity index (χ4n) is 3.14. The molecule has 134 valence electrons. The molecule has 2 aromatic rings. The summed E-state index contributed by atoms with van der Waals surface area (Å²) in [6, 6.07) is 3.53. The summed E-state index contributed by atoms with van der Waals surface area (Å²) in [5.41, 5.74) is 14.6. The van der Waals surface area contributed by atoms with Gasteiger partial charge in [-0.1, -0.05) is 0 Å². The second-order valence-corrected chi connectivity index (χ2v) is 6.16. The molecule has 4 rings (SSSR count). The highest BCUT2D eigenvalue weighted by Gasteiger charge is 2.20. The third-order valence-corrected chi connectivity index (χ3v) is 4.35. The van der Waals surface area contributed by atoms with Gasteiger partial charge in [-0.15, -0.1) is 0 Å². The van der Waals surface area contributed by atoms with Crippen molar-refractivity contribution in [1.29, 1.82) is 0 Å². The van der Waals surface area contributed by atoms with Crippen LogP contribution < -0.4 is 21.9 Å². The zero-order valence-corrected chi connectivity index (χ0v) is 14.6. The highest BCUT2D eigenvalue weighted by molar-refractivity contribution is 6.39. The number of aliphatic imine (C=N–C) groups is 1. The number of nitrogen functional groups attached to an aromatic ring is 2. The molecule has 2 aliphatic rings. The Kier molecular flexibility index (Phi) is 4.11. The zero-order valence-electron chi connectivity index (χ0n) is 14.6. The van der Waals surface area contributed by atoms with Gasteiger partial charge in [0.05, 0.1) is 17.6 Å². The Morgan fingerprint density at radius 1 is 1.19 bits per heavy atom. The van der Waals surface area contributed by atoms with Crippen LogP contribution >= 0.6 is 0 Å². The Balaban J connectivity index is 1.77. The first-order valence-corrected chi connectivity index (χ1v) is 8.70. The van der Waals surface area contributed by atoms with Crippen molar-refractivity contribution >= 4 is 34.9 Å². The molecule has 9 heteroatoms. The Morgan fingerprint density at radius 2 is 2.00 bits per heavy atom. The van der Waals surface area contributed by atoms with Crippen LogP contribution in [0, 0.1) is 0 Å². The Hall–Kier alpha value is -3.23. The maximum Gasteiger partial charge on any atom is 0.183 e. The molecule has 26 heavy (non-hydrogen) atoms. The van der Waals surface area contributed by atoms with Crippen molar-refractivity contribution in [2.75, 3.05) is 36.0 Å². The first-order valence-electron chi connectivity index (χ1n) is 8.70. The molecular formula is C17H21N9. The normalized spacial score (nSPS) is 18.1. The monoisotopic (exact) mass is 351 g/mol. The lowest BCUT2D eigenvalue weighted by atomic mass is 10.3. The average molecular weight is 351 g/mol. The van der Waals surface area contributed by atoms with Gasteiger partial charge in [0.15, 0.2) is 22.9 Å². The lowest BCUT2D eigenvalue weighted by Crippen LogP contribution is -2.21. The van der Waals surface area contributed by atoms with E-state index < -0.39 is 0 Å². The van der Waals surface area contributed by atoms with Crippen LogP contribution in [0.4, 0.5) is 23.0 Å². The van der Waals surface area contributed by atoms with Gasteiger partial charge in [-0.25, -0.2) is 15.0 Å². The van der Waals surface area contributed by atoms with Gasteiger partial charge in [0.1, 0.15) is 5.71 Å². The molecule has 4 N–H and O–H groups in total. The number of nitrogens with zero attached hydrogens (tertiary/aromatic N) is 7. The van der Waals surface area contributed by atoms with E-state index >= 15 is 0 Å². The number of pyridine rings is 1. The van der Waals surface area contributed by atoms with E-state index in [0.717, 1.165) is 37.2 Å². The van der Waals surface area contributed by atoms with Gasteiger partial charge in [-0.05, 0) is 25.8 Å². The summed E-state index contributed by atoms with van der Waals surface area (Å²) in [5.74, 6) is 1.78. The zero-order chi connectivity index (χ0) is 18.1. The van der Waals surface area contributed by atoms with Crippen molar-refractivity contribution in [3.05, 3.63) is 29.6 Å². The molecule has 2 aromatic heterocycles. The molecular weight excluding hydrogens is 330 g/mol. The minimum Gasteiger partial charge on any atom is -0.396 e. The van der Waals surface area contributed by atoms with Crippen molar-refractivity contribution in [1.82, 2.24) is 14.6 Å².